The van der Waals surface area contributed by atoms with E-state index in [0.717, 1.165) is 0 Å². The lowest BCUT2D eigenvalue weighted by atomic mass is 9.88. The van der Waals surface area contributed by atoms with Crippen LogP contribution in [0.3, 0.4) is 0 Å². The predicted octanol–water partition coefficient (Wildman–Crippen LogP) is 8.81. The van der Waals surface area contributed by atoms with E-state index >= 15 is 0 Å². The van der Waals surface area contributed by atoms with E-state index in [0.29, 0.717) is 0 Å². The maximum atomic E-state index is 2.40. The molecule has 0 saturated carbocycles. The molecule has 3 rings (SSSR count). The molecule has 0 aromatic carbocycles. The van der Waals surface area contributed by atoms with Crippen molar-refractivity contribution in [1.29, 1.82) is 0 Å². The maximum Gasteiger partial charge on any atom is 0.0475 e. The number of aryl methyl sites for hydroxylation is 2. The van der Waals surface area contributed by atoms with E-state index in [2.05, 4.69) is 79.7 Å². The summed E-state index contributed by atoms with van der Waals surface area (Å²) in [6.45, 7) is 18.4. The van der Waals surface area contributed by atoms with E-state index in [4.69, 9.17) is 0 Å². The zero-order valence-electron chi connectivity index (χ0n) is 17.2. The molecule has 3 aromatic rings. The van der Waals surface area contributed by atoms with Crippen LogP contribution < -0.4 is 0 Å². The van der Waals surface area contributed by atoms with Gasteiger partial charge in [-0.3, -0.25) is 0 Å². The second-order valence-corrected chi connectivity index (χ2v) is 12.1. The fraction of sp³-hybridized carbons (Fsp3) is 0.478. The normalized spacial score (nSPS) is 12.8. The first kappa shape index (κ1) is 19.9. The number of thiophene rings is 3. The highest BCUT2D eigenvalue weighted by atomic mass is 32.1. The Morgan fingerprint density at radius 1 is 0.731 bits per heavy atom. The van der Waals surface area contributed by atoms with Crippen molar-refractivity contribution in [2.24, 2.45) is 0 Å². The first-order valence-electron chi connectivity index (χ1n) is 9.35. The SMILES string of the molecule is CCC(C)(C)c1cc(C)c(-c2ccc(-c3sc(C(C)(C)C)cc3C)s2)s1. The molecule has 0 nitrogen and oxygen atoms in total. The van der Waals surface area contributed by atoms with Crippen LogP contribution in [0.2, 0.25) is 0 Å². The molecule has 0 aliphatic carbocycles. The van der Waals surface area contributed by atoms with Crippen molar-refractivity contribution >= 4 is 34.0 Å². The lowest BCUT2D eigenvalue weighted by Crippen LogP contribution is -2.12. The Morgan fingerprint density at radius 3 is 1.62 bits per heavy atom. The molecule has 0 fully saturated rings. The topological polar surface area (TPSA) is 0 Å². The van der Waals surface area contributed by atoms with Crippen molar-refractivity contribution in [2.75, 3.05) is 0 Å². The minimum absolute atomic E-state index is 0.221. The van der Waals surface area contributed by atoms with Gasteiger partial charge >= 0.3 is 0 Å². The van der Waals surface area contributed by atoms with Gasteiger partial charge in [0.1, 0.15) is 0 Å². The molecule has 3 heterocycles. The van der Waals surface area contributed by atoms with Crippen LogP contribution in [0.4, 0.5) is 0 Å². The van der Waals surface area contributed by atoms with Crippen molar-refractivity contribution in [3.63, 3.8) is 0 Å². The molecule has 0 radical (unpaired) electrons. The molecule has 0 bridgehead atoms. The van der Waals surface area contributed by atoms with Crippen molar-refractivity contribution in [3.05, 3.63) is 45.1 Å². The zero-order valence-corrected chi connectivity index (χ0v) is 19.7. The highest BCUT2D eigenvalue weighted by Gasteiger charge is 2.23. The van der Waals surface area contributed by atoms with Gasteiger partial charge in [-0.1, -0.05) is 41.5 Å². The molecule has 0 saturated heterocycles. The van der Waals surface area contributed by atoms with Crippen LogP contribution in [0.1, 0.15) is 68.8 Å². The van der Waals surface area contributed by atoms with Crippen LogP contribution in [0.15, 0.2) is 24.3 Å². The first-order chi connectivity index (χ1) is 12.0. The molecule has 26 heavy (non-hydrogen) atoms. The summed E-state index contributed by atoms with van der Waals surface area (Å²) in [5.41, 5.74) is 3.31. The second kappa shape index (κ2) is 6.92. The highest BCUT2D eigenvalue weighted by Crippen LogP contribution is 2.46. The zero-order chi connectivity index (χ0) is 19.3. The molecule has 140 valence electrons. The standard InChI is InChI=1S/C23H30S3/c1-9-23(7,8)19-13-15(3)21(26-19)17-11-10-16(24-17)20-14(2)12-18(25-20)22(4,5)6/h10-13H,9H2,1-8H3. The average molecular weight is 403 g/mol. The average Bonchev–Trinajstić information content (AvgIpc) is 3.24. The van der Waals surface area contributed by atoms with Crippen LogP contribution >= 0.6 is 34.0 Å². The molecule has 3 aromatic heterocycles. The Kier molecular flexibility index (Phi) is 5.29. The van der Waals surface area contributed by atoms with E-state index < -0.39 is 0 Å². The minimum atomic E-state index is 0.221. The smallest absolute Gasteiger partial charge is 0.0475 e. The third-order valence-corrected chi connectivity index (χ3v) is 9.89. The largest absolute Gasteiger partial charge is 0.139 e. The van der Waals surface area contributed by atoms with Gasteiger partial charge in [0.25, 0.3) is 0 Å². The summed E-state index contributed by atoms with van der Waals surface area (Å²) in [7, 11) is 0. The molecule has 3 heteroatoms. The van der Waals surface area contributed by atoms with Gasteiger partial charge < -0.3 is 0 Å². The Bertz CT molecular complexity index is 910. The summed E-state index contributed by atoms with van der Waals surface area (Å²) in [5.74, 6) is 0. The monoisotopic (exact) mass is 402 g/mol. The third kappa shape index (κ3) is 3.72. The number of hydrogen-bond acceptors (Lipinski definition) is 3. The molecule has 0 aliphatic rings. The molecule has 0 aliphatic heterocycles. The van der Waals surface area contributed by atoms with Crippen LogP contribution in [0, 0.1) is 13.8 Å². The van der Waals surface area contributed by atoms with Crippen molar-refractivity contribution in [2.45, 2.75) is 72.6 Å². The minimum Gasteiger partial charge on any atom is -0.139 e. The van der Waals surface area contributed by atoms with E-state index in [9.17, 15) is 0 Å². The highest BCUT2D eigenvalue weighted by molar-refractivity contribution is 7.26. The molecular formula is C23H30S3. The van der Waals surface area contributed by atoms with E-state index in [1.807, 2.05) is 34.0 Å². The Labute approximate surface area is 170 Å². The van der Waals surface area contributed by atoms with Gasteiger partial charge in [-0.05, 0) is 66.5 Å². The lowest BCUT2D eigenvalue weighted by Gasteiger charge is -2.20. The number of rotatable bonds is 4. The summed E-state index contributed by atoms with van der Waals surface area (Å²) in [5, 5.41) is 0. The first-order valence-corrected chi connectivity index (χ1v) is 11.8. The van der Waals surface area contributed by atoms with Crippen molar-refractivity contribution < 1.29 is 0 Å². The summed E-state index contributed by atoms with van der Waals surface area (Å²) in [4.78, 5) is 8.68. The van der Waals surface area contributed by atoms with Crippen LogP contribution in [-0.4, -0.2) is 0 Å². The van der Waals surface area contributed by atoms with Gasteiger partial charge in [0.2, 0.25) is 0 Å². The van der Waals surface area contributed by atoms with E-state index in [-0.39, 0.29) is 10.8 Å². The molecular weight excluding hydrogens is 372 g/mol. The van der Waals surface area contributed by atoms with Gasteiger partial charge in [-0.2, -0.15) is 0 Å². The Balaban J connectivity index is 1.98. The molecule has 0 N–H and O–H groups in total. The van der Waals surface area contributed by atoms with Gasteiger partial charge in [-0.25, -0.2) is 0 Å². The quantitative estimate of drug-likeness (QED) is 0.409. The van der Waals surface area contributed by atoms with Crippen molar-refractivity contribution in [1.82, 2.24) is 0 Å². The summed E-state index contributed by atoms with van der Waals surface area (Å²) in [6.07, 6.45) is 1.17. The van der Waals surface area contributed by atoms with E-state index in [1.54, 1.807) is 0 Å². The third-order valence-electron chi connectivity index (χ3n) is 5.18. The number of hydrogen-bond donors (Lipinski definition) is 0. The van der Waals surface area contributed by atoms with Gasteiger partial charge in [-0.15, -0.1) is 34.0 Å². The van der Waals surface area contributed by atoms with Crippen LogP contribution in [0.5, 0.6) is 0 Å². The van der Waals surface area contributed by atoms with Crippen molar-refractivity contribution in [3.8, 4) is 19.5 Å². The predicted molar refractivity (Wildman–Crippen MR) is 122 cm³/mol. The summed E-state index contributed by atoms with van der Waals surface area (Å²) < 4.78 is 0. The van der Waals surface area contributed by atoms with Gasteiger partial charge in [0, 0.05) is 29.3 Å². The fourth-order valence-electron chi connectivity index (χ4n) is 2.91. The second-order valence-electron chi connectivity index (χ2n) is 8.90. The molecule has 0 amide bonds. The Morgan fingerprint density at radius 2 is 1.19 bits per heavy atom. The van der Waals surface area contributed by atoms with Crippen LogP contribution in [-0.2, 0) is 10.8 Å². The Hall–Kier alpha value is -0.900. The van der Waals surface area contributed by atoms with Gasteiger partial charge in [0.15, 0.2) is 0 Å². The van der Waals surface area contributed by atoms with E-state index in [1.165, 1.54) is 46.8 Å². The lowest BCUT2D eigenvalue weighted by molar-refractivity contribution is 0.517. The summed E-state index contributed by atoms with van der Waals surface area (Å²) >= 11 is 5.88. The summed E-state index contributed by atoms with van der Waals surface area (Å²) in [6, 6.07) is 9.40. The molecule has 0 spiro atoms. The maximum absolute atomic E-state index is 2.40. The molecule has 0 atom stereocenters. The fourth-order valence-corrected chi connectivity index (χ4v) is 6.84. The molecule has 0 unspecified atom stereocenters. The van der Waals surface area contributed by atoms with Crippen LogP contribution in [0.25, 0.3) is 19.5 Å². The van der Waals surface area contributed by atoms with Gasteiger partial charge in [0.05, 0.1) is 0 Å².